The maximum atomic E-state index is 6.31. The van der Waals surface area contributed by atoms with Crippen LogP contribution in [0.15, 0.2) is 48.5 Å². The van der Waals surface area contributed by atoms with Crippen molar-refractivity contribution in [2.45, 2.75) is 19.6 Å². The van der Waals surface area contributed by atoms with E-state index in [0.717, 1.165) is 11.3 Å². The van der Waals surface area contributed by atoms with Crippen LogP contribution in [-0.2, 0) is 6.61 Å². The van der Waals surface area contributed by atoms with E-state index in [4.69, 9.17) is 19.9 Å². The summed E-state index contributed by atoms with van der Waals surface area (Å²) in [5.74, 6) is 3.18. The second kappa shape index (κ2) is 8.35. The van der Waals surface area contributed by atoms with Gasteiger partial charge in [-0.25, -0.2) is 4.98 Å². The lowest BCUT2D eigenvalue weighted by molar-refractivity contribution is 0.296. The normalized spacial score (nSPS) is 11.8. The molecular formula is C19H22N4O3. The molecule has 3 rings (SSSR count). The Balaban J connectivity index is 1.71. The largest absolute Gasteiger partial charge is 0.493 e. The lowest BCUT2D eigenvalue weighted by atomic mass is 10.1. The number of aromatic nitrogens is 3. The Morgan fingerprint density at radius 1 is 1.08 bits per heavy atom. The Kier molecular flexibility index (Phi) is 5.70. The molecule has 0 spiro atoms. The predicted molar refractivity (Wildman–Crippen MR) is 97.4 cm³/mol. The quantitative estimate of drug-likeness (QED) is 0.646. The Hall–Kier alpha value is -3.06. The number of benzene rings is 2. The standard InChI is InChI=1S/C19H22N4O3/c1-3-25-16-11-13(9-10-15(16)24-2)18(20)19-21-17(22-23-19)12-26-14-7-5-4-6-8-14/h4-11,18H,3,12,20H2,1-2H3,(H,21,22,23). The molecule has 0 radical (unpaired) electrons. The van der Waals surface area contributed by atoms with Crippen molar-refractivity contribution < 1.29 is 14.2 Å². The van der Waals surface area contributed by atoms with Crippen LogP contribution in [-0.4, -0.2) is 28.9 Å². The summed E-state index contributed by atoms with van der Waals surface area (Å²) in [5, 5.41) is 7.08. The molecule has 3 aromatic rings. The molecule has 7 heteroatoms. The molecule has 0 saturated heterocycles. The molecule has 7 nitrogen and oxygen atoms in total. The Bertz CT molecular complexity index is 836. The first-order valence-corrected chi connectivity index (χ1v) is 8.36. The van der Waals surface area contributed by atoms with Crippen molar-refractivity contribution in [2.24, 2.45) is 5.73 Å². The third kappa shape index (κ3) is 4.12. The highest BCUT2D eigenvalue weighted by Crippen LogP contribution is 2.31. The highest BCUT2D eigenvalue weighted by Gasteiger charge is 2.17. The molecule has 1 aromatic heterocycles. The molecule has 26 heavy (non-hydrogen) atoms. The van der Waals surface area contributed by atoms with Crippen molar-refractivity contribution >= 4 is 0 Å². The minimum absolute atomic E-state index is 0.288. The van der Waals surface area contributed by atoms with Crippen LogP contribution >= 0.6 is 0 Å². The first-order valence-electron chi connectivity index (χ1n) is 8.36. The van der Waals surface area contributed by atoms with Gasteiger partial charge in [0, 0.05) is 0 Å². The van der Waals surface area contributed by atoms with Crippen molar-refractivity contribution in [1.29, 1.82) is 0 Å². The number of hydrogen-bond donors (Lipinski definition) is 2. The molecule has 0 aliphatic carbocycles. The van der Waals surface area contributed by atoms with Gasteiger partial charge in [0.15, 0.2) is 23.1 Å². The molecule has 1 heterocycles. The molecule has 0 bridgehead atoms. The molecule has 136 valence electrons. The maximum absolute atomic E-state index is 6.31. The van der Waals surface area contributed by atoms with Gasteiger partial charge in [-0.1, -0.05) is 24.3 Å². The number of methoxy groups -OCH3 is 1. The van der Waals surface area contributed by atoms with Gasteiger partial charge >= 0.3 is 0 Å². The van der Waals surface area contributed by atoms with E-state index < -0.39 is 6.04 Å². The maximum Gasteiger partial charge on any atom is 0.172 e. The Labute approximate surface area is 152 Å². The summed E-state index contributed by atoms with van der Waals surface area (Å²) in [7, 11) is 1.60. The number of para-hydroxylation sites is 1. The van der Waals surface area contributed by atoms with Crippen LogP contribution in [0, 0.1) is 0 Å². The number of ether oxygens (including phenoxy) is 3. The second-order valence-electron chi connectivity index (χ2n) is 5.56. The molecule has 0 fully saturated rings. The monoisotopic (exact) mass is 354 g/mol. The summed E-state index contributed by atoms with van der Waals surface area (Å²) in [5.41, 5.74) is 7.15. The zero-order valence-electron chi connectivity index (χ0n) is 14.8. The Morgan fingerprint density at radius 3 is 2.62 bits per heavy atom. The Morgan fingerprint density at radius 2 is 1.88 bits per heavy atom. The summed E-state index contributed by atoms with van der Waals surface area (Å²) < 4.78 is 16.6. The van der Waals surface area contributed by atoms with Gasteiger partial charge in [0.05, 0.1) is 19.8 Å². The zero-order valence-corrected chi connectivity index (χ0v) is 14.8. The van der Waals surface area contributed by atoms with E-state index >= 15 is 0 Å². The van der Waals surface area contributed by atoms with Gasteiger partial charge in [-0.05, 0) is 36.8 Å². The topological polar surface area (TPSA) is 95.3 Å². The highest BCUT2D eigenvalue weighted by atomic mass is 16.5. The lowest BCUT2D eigenvalue weighted by Crippen LogP contribution is -2.14. The number of rotatable bonds is 8. The van der Waals surface area contributed by atoms with Crippen LogP contribution < -0.4 is 19.9 Å². The minimum Gasteiger partial charge on any atom is -0.493 e. The number of hydrogen-bond acceptors (Lipinski definition) is 6. The number of nitrogens with zero attached hydrogens (tertiary/aromatic N) is 2. The van der Waals surface area contributed by atoms with Gasteiger partial charge in [-0.3, -0.25) is 5.10 Å². The fraction of sp³-hybridized carbons (Fsp3) is 0.263. The third-order valence-corrected chi connectivity index (χ3v) is 3.79. The smallest absolute Gasteiger partial charge is 0.172 e. The summed E-state index contributed by atoms with van der Waals surface area (Å²) in [4.78, 5) is 4.43. The van der Waals surface area contributed by atoms with E-state index in [1.54, 1.807) is 7.11 Å². The molecule has 0 aliphatic rings. The lowest BCUT2D eigenvalue weighted by Gasteiger charge is -2.13. The number of H-pyrrole nitrogens is 1. The van der Waals surface area contributed by atoms with E-state index in [2.05, 4.69) is 15.2 Å². The van der Waals surface area contributed by atoms with E-state index in [9.17, 15) is 0 Å². The molecule has 0 aliphatic heterocycles. The fourth-order valence-corrected chi connectivity index (χ4v) is 2.49. The van der Waals surface area contributed by atoms with Gasteiger partial charge in [0.1, 0.15) is 12.4 Å². The second-order valence-corrected chi connectivity index (χ2v) is 5.56. The molecule has 0 saturated carbocycles. The first kappa shape index (κ1) is 17.8. The third-order valence-electron chi connectivity index (χ3n) is 3.79. The van der Waals surface area contributed by atoms with Crippen molar-refractivity contribution in [1.82, 2.24) is 15.2 Å². The summed E-state index contributed by atoms with van der Waals surface area (Å²) in [6.07, 6.45) is 0. The van der Waals surface area contributed by atoms with Crippen LogP contribution in [0.2, 0.25) is 0 Å². The van der Waals surface area contributed by atoms with Gasteiger partial charge in [0.25, 0.3) is 0 Å². The number of nitrogens with one attached hydrogen (secondary N) is 1. The van der Waals surface area contributed by atoms with Crippen molar-refractivity contribution in [3.05, 3.63) is 65.7 Å². The van der Waals surface area contributed by atoms with E-state index in [1.807, 2.05) is 55.5 Å². The predicted octanol–water partition coefficient (Wildman–Crippen LogP) is 2.84. The molecule has 0 amide bonds. The fourth-order valence-electron chi connectivity index (χ4n) is 2.49. The van der Waals surface area contributed by atoms with Crippen molar-refractivity contribution in [3.63, 3.8) is 0 Å². The van der Waals surface area contributed by atoms with E-state index in [1.165, 1.54) is 0 Å². The minimum atomic E-state index is -0.484. The van der Waals surface area contributed by atoms with Gasteiger partial charge in [-0.2, -0.15) is 5.10 Å². The molecule has 1 unspecified atom stereocenters. The van der Waals surface area contributed by atoms with Crippen molar-refractivity contribution in [2.75, 3.05) is 13.7 Å². The molecular weight excluding hydrogens is 332 g/mol. The molecule has 1 atom stereocenters. The summed E-state index contributed by atoms with van der Waals surface area (Å²) in [6.45, 7) is 2.74. The first-order chi connectivity index (χ1) is 12.7. The highest BCUT2D eigenvalue weighted by molar-refractivity contribution is 5.44. The molecule has 2 aromatic carbocycles. The zero-order chi connectivity index (χ0) is 18.4. The number of aromatic amines is 1. The number of nitrogens with two attached hydrogens (primary N) is 1. The van der Waals surface area contributed by atoms with Crippen LogP contribution in [0.4, 0.5) is 0 Å². The van der Waals surface area contributed by atoms with Crippen LogP contribution in [0.3, 0.4) is 0 Å². The average Bonchev–Trinajstić information content (AvgIpc) is 3.16. The van der Waals surface area contributed by atoms with Gasteiger partial charge in [-0.15, -0.1) is 0 Å². The van der Waals surface area contributed by atoms with Gasteiger partial charge in [0.2, 0.25) is 0 Å². The van der Waals surface area contributed by atoms with E-state index in [0.29, 0.717) is 29.8 Å². The van der Waals surface area contributed by atoms with Crippen LogP contribution in [0.1, 0.15) is 30.2 Å². The van der Waals surface area contributed by atoms with E-state index in [-0.39, 0.29) is 6.61 Å². The molecule has 3 N–H and O–H groups in total. The van der Waals surface area contributed by atoms with Crippen LogP contribution in [0.5, 0.6) is 17.2 Å². The summed E-state index contributed by atoms with van der Waals surface area (Å²) in [6, 6.07) is 14.6. The summed E-state index contributed by atoms with van der Waals surface area (Å²) >= 11 is 0. The average molecular weight is 354 g/mol. The van der Waals surface area contributed by atoms with Crippen molar-refractivity contribution in [3.8, 4) is 17.2 Å². The SMILES string of the molecule is CCOc1cc(C(N)c2n[nH]c(COc3ccccc3)n2)ccc1OC. The van der Waals surface area contributed by atoms with Crippen LogP contribution in [0.25, 0.3) is 0 Å². The van der Waals surface area contributed by atoms with Gasteiger partial charge < -0.3 is 19.9 Å².